The normalized spacial score (nSPS) is 19.5. The number of hydrazone groups is 1. The fourth-order valence-electron chi connectivity index (χ4n) is 2.23. The van der Waals surface area contributed by atoms with Gasteiger partial charge in [0, 0.05) is 6.04 Å². The molecule has 0 radical (unpaired) electrons. The lowest BCUT2D eigenvalue weighted by molar-refractivity contribution is 0.355. The first-order chi connectivity index (χ1) is 10.9. The molecule has 23 heavy (non-hydrogen) atoms. The summed E-state index contributed by atoms with van der Waals surface area (Å²) in [6.45, 7) is 0. The quantitative estimate of drug-likeness (QED) is 0.455. The van der Waals surface area contributed by atoms with Crippen LogP contribution < -0.4 is 20.2 Å². The number of thiocarbonyl (C=S) groups is 1. The maximum Gasteiger partial charge on any atom is 0.187 e. The highest BCUT2D eigenvalue weighted by Crippen LogP contribution is 2.26. The predicted molar refractivity (Wildman–Crippen MR) is 93.1 cm³/mol. The Hall–Kier alpha value is -1.87. The van der Waals surface area contributed by atoms with E-state index in [4.69, 9.17) is 21.7 Å². The molecule has 1 aliphatic heterocycles. The second kappa shape index (κ2) is 7.60. The summed E-state index contributed by atoms with van der Waals surface area (Å²) in [5.74, 6) is 1.54. The molecule has 1 atom stereocenters. The highest BCUT2D eigenvalue weighted by molar-refractivity contribution is 7.91. The summed E-state index contributed by atoms with van der Waals surface area (Å²) in [5.41, 5.74) is 3.48. The van der Waals surface area contributed by atoms with Crippen LogP contribution in [0.4, 0.5) is 0 Å². The van der Waals surface area contributed by atoms with Crippen LogP contribution in [0.5, 0.6) is 11.5 Å². The second-order valence-electron chi connectivity index (χ2n) is 5.06. The highest BCUT2D eigenvalue weighted by atomic mass is 32.2. The number of ether oxygens (including phenoxy) is 2. The zero-order valence-corrected chi connectivity index (χ0v) is 14.5. The molecule has 7 nitrogen and oxygen atoms in total. The van der Waals surface area contributed by atoms with Gasteiger partial charge in [0.05, 0.1) is 31.9 Å². The lowest BCUT2D eigenvalue weighted by atomic mass is 10.2. The molecular weight excluding hydrogens is 338 g/mol. The number of nitrogens with one attached hydrogen (secondary N) is 2. The maximum absolute atomic E-state index is 11.4. The van der Waals surface area contributed by atoms with Gasteiger partial charge in [-0.25, -0.2) is 8.42 Å². The molecule has 1 fully saturated rings. The summed E-state index contributed by atoms with van der Waals surface area (Å²) in [6, 6.07) is 5.23. The van der Waals surface area contributed by atoms with Gasteiger partial charge in [-0.2, -0.15) is 5.10 Å². The van der Waals surface area contributed by atoms with Gasteiger partial charge in [-0.15, -0.1) is 0 Å². The van der Waals surface area contributed by atoms with Crippen molar-refractivity contribution in [3.8, 4) is 11.5 Å². The van der Waals surface area contributed by atoms with Gasteiger partial charge in [-0.3, -0.25) is 5.43 Å². The summed E-state index contributed by atoms with van der Waals surface area (Å²) >= 11 is 5.09. The Morgan fingerprint density at radius 1 is 1.35 bits per heavy atom. The Morgan fingerprint density at radius 2 is 2.09 bits per heavy atom. The van der Waals surface area contributed by atoms with E-state index in [0.29, 0.717) is 23.0 Å². The number of nitrogens with zero attached hydrogens (tertiary/aromatic N) is 1. The molecule has 0 spiro atoms. The maximum atomic E-state index is 11.4. The van der Waals surface area contributed by atoms with Crippen molar-refractivity contribution in [3.05, 3.63) is 23.8 Å². The van der Waals surface area contributed by atoms with Crippen LogP contribution in [0.1, 0.15) is 12.0 Å². The summed E-state index contributed by atoms with van der Waals surface area (Å²) < 4.78 is 33.1. The molecule has 0 bridgehead atoms. The lowest BCUT2D eigenvalue weighted by Crippen LogP contribution is -2.40. The largest absolute Gasteiger partial charge is 0.493 e. The number of hydrogen-bond donors (Lipinski definition) is 2. The minimum Gasteiger partial charge on any atom is -0.493 e. The second-order valence-corrected chi connectivity index (χ2v) is 7.69. The molecule has 1 saturated heterocycles. The van der Waals surface area contributed by atoms with Crippen LogP contribution in [0, 0.1) is 0 Å². The van der Waals surface area contributed by atoms with Crippen LogP contribution in [0.2, 0.25) is 0 Å². The van der Waals surface area contributed by atoms with Gasteiger partial charge in [0.1, 0.15) is 0 Å². The molecule has 1 aromatic rings. The number of methoxy groups -OCH3 is 2. The van der Waals surface area contributed by atoms with E-state index in [1.165, 1.54) is 0 Å². The van der Waals surface area contributed by atoms with E-state index in [0.717, 1.165) is 5.56 Å². The van der Waals surface area contributed by atoms with E-state index in [1.807, 2.05) is 6.07 Å². The first-order valence-electron chi connectivity index (χ1n) is 6.95. The monoisotopic (exact) mass is 357 g/mol. The van der Waals surface area contributed by atoms with E-state index < -0.39 is 9.84 Å². The molecule has 0 aromatic heterocycles. The summed E-state index contributed by atoms with van der Waals surface area (Å²) in [4.78, 5) is 0. The molecule has 1 heterocycles. The van der Waals surface area contributed by atoms with Crippen LogP contribution in [-0.2, 0) is 9.84 Å². The number of benzene rings is 1. The highest BCUT2D eigenvalue weighted by Gasteiger charge is 2.28. The van der Waals surface area contributed by atoms with E-state index in [-0.39, 0.29) is 17.5 Å². The van der Waals surface area contributed by atoms with Gasteiger partial charge in [-0.1, -0.05) is 0 Å². The number of hydrogen-bond acceptors (Lipinski definition) is 6. The fraction of sp³-hybridized carbons (Fsp3) is 0.429. The standard InChI is InChI=1S/C14H19N3O4S2/c1-20-12-4-3-10(7-13(12)21-2)8-15-17-14(22)16-11-5-6-23(18,19)9-11/h3-4,7-8,11H,5-6,9H2,1-2H3,(H2,16,17,22)/b15-8-/t11-/m0/s1. The SMILES string of the molecule is COc1ccc(/C=N\NC(=S)N[C@H]2CCS(=O)(=O)C2)cc1OC. The Labute approximate surface area is 141 Å². The first kappa shape index (κ1) is 17.5. The average molecular weight is 357 g/mol. The zero-order valence-electron chi connectivity index (χ0n) is 12.9. The Morgan fingerprint density at radius 3 is 2.70 bits per heavy atom. The van der Waals surface area contributed by atoms with Crippen molar-refractivity contribution in [1.29, 1.82) is 0 Å². The third-order valence-corrected chi connectivity index (χ3v) is 5.33. The van der Waals surface area contributed by atoms with Crippen LogP contribution in [-0.4, -0.2) is 51.5 Å². The van der Waals surface area contributed by atoms with Crippen LogP contribution >= 0.6 is 12.2 Å². The lowest BCUT2D eigenvalue weighted by Gasteiger charge is -2.12. The Bertz CT molecular complexity index is 704. The topological polar surface area (TPSA) is 89.0 Å². The van der Waals surface area contributed by atoms with Crippen molar-refractivity contribution in [1.82, 2.24) is 10.7 Å². The molecule has 2 rings (SSSR count). The van der Waals surface area contributed by atoms with E-state index >= 15 is 0 Å². The molecule has 126 valence electrons. The van der Waals surface area contributed by atoms with Gasteiger partial charge in [0.15, 0.2) is 26.4 Å². The minimum atomic E-state index is -2.93. The Kier molecular flexibility index (Phi) is 5.78. The smallest absolute Gasteiger partial charge is 0.187 e. The van der Waals surface area contributed by atoms with Crippen molar-refractivity contribution in [2.24, 2.45) is 5.10 Å². The summed E-state index contributed by atoms with van der Waals surface area (Å²) in [7, 11) is 0.198. The number of sulfone groups is 1. The van der Waals surface area contributed by atoms with Crippen LogP contribution in [0.15, 0.2) is 23.3 Å². The van der Waals surface area contributed by atoms with E-state index in [9.17, 15) is 8.42 Å². The van der Waals surface area contributed by atoms with Gasteiger partial charge in [0.2, 0.25) is 0 Å². The van der Waals surface area contributed by atoms with Crippen LogP contribution in [0.25, 0.3) is 0 Å². The first-order valence-corrected chi connectivity index (χ1v) is 9.18. The van der Waals surface area contributed by atoms with Gasteiger partial charge >= 0.3 is 0 Å². The van der Waals surface area contributed by atoms with E-state index in [1.54, 1.807) is 32.6 Å². The molecule has 2 N–H and O–H groups in total. The third-order valence-electron chi connectivity index (χ3n) is 3.35. The molecule has 9 heteroatoms. The van der Waals surface area contributed by atoms with Gasteiger partial charge in [-0.05, 0) is 42.4 Å². The zero-order chi connectivity index (χ0) is 16.9. The minimum absolute atomic E-state index is 0.105. The molecule has 1 aromatic carbocycles. The van der Waals surface area contributed by atoms with Crippen molar-refractivity contribution in [3.63, 3.8) is 0 Å². The molecule has 0 saturated carbocycles. The molecular formula is C14H19N3O4S2. The molecule has 0 unspecified atom stereocenters. The summed E-state index contributed by atoms with van der Waals surface area (Å²) in [5, 5.41) is 7.27. The predicted octanol–water partition coefficient (Wildman–Crippen LogP) is 0.689. The van der Waals surface area contributed by atoms with Crippen molar-refractivity contribution < 1.29 is 17.9 Å². The molecule has 0 amide bonds. The fourth-order valence-corrected chi connectivity index (χ4v) is 4.12. The molecule has 1 aliphatic rings. The Balaban J connectivity index is 1.87. The van der Waals surface area contributed by atoms with Crippen molar-refractivity contribution in [2.45, 2.75) is 12.5 Å². The van der Waals surface area contributed by atoms with Gasteiger partial charge < -0.3 is 14.8 Å². The van der Waals surface area contributed by atoms with Crippen LogP contribution in [0.3, 0.4) is 0 Å². The summed E-state index contributed by atoms with van der Waals surface area (Å²) in [6.07, 6.45) is 2.14. The van der Waals surface area contributed by atoms with Crippen molar-refractivity contribution in [2.75, 3.05) is 25.7 Å². The van der Waals surface area contributed by atoms with Gasteiger partial charge in [0.25, 0.3) is 0 Å². The average Bonchev–Trinajstić information content (AvgIpc) is 2.85. The third kappa shape index (κ3) is 5.07. The van der Waals surface area contributed by atoms with Crippen molar-refractivity contribution >= 4 is 33.4 Å². The number of rotatable bonds is 5. The molecule has 0 aliphatic carbocycles. The van der Waals surface area contributed by atoms with E-state index in [2.05, 4.69) is 15.8 Å².